The summed E-state index contributed by atoms with van der Waals surface area (Å²) in [6.07, 6.45) is 1.53. The molecule has 0 fully saturated rings. The molecule has 8 nitrogen and oxygen atoms in total. The van der Waals surface area contributed by atoms with Crippen molar-refractivity contribution in [2.24, 2.45) is 5.10 Å². The molecule has 9 heteroatoms. The van der Waals surface area contributed by atoms with E-state index < -0.39 is 0 Å². The monoisotopic (exact) mass is 323 g/mol. The average molecular weight is 324 g/mol. The van der Waals surface area contributed by atoms with Crippen LogP contribution < -0.4 is 11.2 Å². The highest BCUT2D eigenvalue weighted by molar-refractivity contribution is 9.10. The summed E-state index contributed by atoms with van der Waals surface area (Å²) >= 11 is 3.34. The highest BCUT2D eigenvalue weighted by Crippen LogP contribution is 2.09. The molecule has 0 atom stereocenters. The summed E-state index contributed by atoms with van der Waals surface area (Å²) in [5.41, 5.74) is 8.49. The quantitative estimate of drug-likeness (QED) is 0.615. The van der Waals surface area contributed by atoms with Gasteiger partial charge in [-0.3, -0.25) is 4.79 Å². The number of nitrogens with zero attached hydrogens (tertiary/aromatic N) is 5. The number of nitrogens with two attached hydrogens (primary N) is 1. The van der Waals surface area contributed by atoms with E-state index in [0.29, 0.717) is 0 Å². The van der Waals surface area contributed by atoms with Gasteiger partial charge in [0.05, 0.1) is 6.21 Å². The molecule has 1 aromatic carbocycles. The Balaban J connectivity index is 1.86. The van der Waals surface area contributed by atoms with E-state index in [1.54, 1.807) is 0 Å². The van der Waals surface area contributed by atoms with Gasteiger partial charge in [0.1, 0.15) is 6.54 Å². The van der Waals surface area contributed by atoms with Crippen LogP contribution in [0.2, 0.25) is 0 Å². The van der Waals surface area contributed by atoms with E-state index in [2.05, 4.69) is 41.9 Å². The van der Waals surface area contributed by atoms with Crippen LogP contribution in [0, 0.1) is 0 Å². The third kappa shape index (κ3) is 4.14. The molecule has 1 heterocycles. The van der Waals surface area contributed by atoms with Crippen molar-refractivity contribution < 1.29 is 4.79 Å². The summed E-state index contributed by atoms with van der Waals surface area (Å²) in [5, 5.41) is 14.5. The second kappa shape index (κ2) is 6.05. The lowest BCUT2D eigenvalue weighted by molar-refractivity contribution is -0.122. The van der Waals surface area contributed by atoms with Crippen LogP contribution in [0.3, 0.4) is 0 Å². The first-order valence-electron chi connectivity index (χ1n) is 5.24. The minimum atomic E-state index is -0.372. The standard InChI is InChI=1S/C10H10BrN7O/c11-8-3-1-2-7(4-8)5-13-14-9(19)6-18-16-10(12)15-17-18/h1-5H,6H2,(H2,12,16)(H,14,19)/b13-5-. The third-order valence-corrected chi connectivity index (χ3v) is 2.50. The molecule has 0 radical (unpaired) electrons. The number of anilines is 1. The lowest BCUT2D eigenvalue weighted by atomic mass is 10.2. The van der Waals surface area contributed by atoms with Gasteiger partial charge < -0.3 is 5.73 Å². The molecule has 0 aliphatic heterocycles. The van der Waals surface area contributed by atoms with Crippen molar-refractivity contribution in [2.75, 3.05) is 5.73 Å². The first-order valence-corrected chi connectivity index (χ1v) is 6.03. The molecule has 0 saturated carbocycles. The Morgan fingerprint density at radius 1 is 1.58 bits per heavy atom. The number of nitrogen functional groups attached to an aromatic ring is 1. The molecule has 0 spiro atoms. The molecule has 0 bridgehead atoms. The van der Waals surface area contributed by atoms with Crippen molar-refractivity contribution >= 4 is 34.0 Å². The summed E-state index contributed by atoms with van der Waals surface area (Å²) in [5.74, 6) is -0.353. The van der Waals surface area contributed by atoms with E-state index in [4.69, 9.17) is 5.73 Å². The van der Waals surface area contributed by atoms with Gasteiger partial charge in [-0.05, 0) is 22.9 Å². The number of hydrogen-bond donors (Lipinski definition) is 2. The van der Waals surface area contributed by atoms with Crippen LogP contribution in [0.25, 0.3) is 0 Å². The lowest BCUT2D eigenvalue weighted by Crippen LogP contribution is -2.24. The second-order valence-corrected chi connectivity index (χ2v) is 4.44. The molecule has 1 aromatic heterocycles. The van der Waals surface area contributed by atoms with Crippen molar-refractivity contribution in [3.05, 3.63) is 34.3 Å². The second-order valence-electron chi connectivity index (χ2n) is 3.53. The number of hydrazone groups is 1. The zero-order valence-corrected chi connectivity index (χ0v) is 11.3. The van der Waals surface area contributed by atoms with Crippen LogP contribution in [-0.4, -0.2) is 32.3 Å². The number of carbonyl (C=O) groups is 1. The fraction of sp³-hybridized carbons (Fsp3) is 0.100. The van der Waals surface area contributed by atoms with Crippen LogP contribution in [0.5, 0.6) is 0 Å². The molecule has 2 rings (SSSR count). The van der Waals surface area contributed by atoms with Gasteiger partial charge in [-0.2, -0.15) is 9.90 Å². The molecular weight excluding hydrogens is 314 g/mol. The SMILES string of the molecule is Nc1nnn(CC(=O)N/N=C\c2cccc(Br)c2)n1. The Bertz CT molecular complexity index is 609. The minimum Gasteiger partial charge on any atom is -0.365 e. The molecule has 98 valence electrons. The maximum atomic E-state index is 11.5. The summed E-state index contributed by atoms with van der Waals surface area (Å²) < 4.78 is 0.935. The number of aromatic nitrogens is 4. The maximum Gasteiger partial charge on any atom is 0.263 e. The first-order chi connectivity index (χ1) is 9.13. The number of carbonyl (C=O) groups excluding carboxylic acids is 1. The van der Waals surface area contributed by atoms with E-state index >= 15 is 0 Å². The lowest BCUT2D eigenvalue weighted by Gasteiger charge is -1.98. The molecule has 19 heavy (non-hydrogen) atoms. The smallest absolute Gasteiger partial charge is 0.263 e. The molecule has 0 aliphatic rings. The topological polar surface area (TPSA) is 111 Å². The van der Waals surface area contributed by atoms with Gasteiger partial charge in [-0.15, -0.1) is 5.10 Å². The molecule has 2 aromatic rings. The van der Waals surface area contributed by atoms with Gasteiger partial charge in [-0.25, -0.2) is 5.43 Å². The van der Waals surface area contributed by atoms with Gasteiger partial charge in [-0.1, -0.05) is 33.2 Å². The van der Waals surface area contributed by atoms with E-state index in [0.717, 1.165) is 14.8 Å². The number of benzene rings is 1. The molecular formula is C10H10BrN7O. The highest BCUT2D eigenvalue weighted by Gasteiger charge is 2.04. The van der Waals surface area contributed by atoms with Crippen molar-refractivity contribution in [3.8, 4) is 0 Å². The van der Waals surface area contributed by atoms with Crippen LogP contribution in [0.15, 0.2) is 33.8 Å². The Morgan fingerprint density at radius 3 is 3.11 bits per heavy atom. The number of tetrazole rings is 1. The molecule has 0 aliphatic carbocycles. The average Bonchev–Trinajstić information content (AvgIpc) is 2.75. The van der Waals surface area contributed by atoms with E-state index in [-0.39, 0.29) is 18.4 Å². The van der Waals surface area contributed by atoms with E-state index in [1.165, 1.54) is 6.21 Å². The van der Waals surface area contributed by atoms with Crippen molar-refractivity contribution in [1.29, 1.82) is 0 Å². The van der Waals surface area contributed by atoms with Gasteiger partial charge >= 0.3 is 0 Å². The van der Waals surface area contributed by atoms with E-state index in [9.17, 15) is 4.79 Å². The third-order valence-electron chi connectivity index (χ3n) is 2.00. The van der Waals surface area contributed by atoms with E-state index in [1.807, 2.05) is 24.3 Å². The predicted molar refractivity (Wildman–Crippen MR) is 72.1 cm³/mol. The van der Waals surface area contributed by atoms with Crippen molar-refractivity contribution in [3.63, 3.8) is 0 Å². The van der Waals surface area contributed by atoms with Crippen LogP contribution in [-0.2, 0) is 11.3 Å². The maximum absolute atomic E-state index is 11.5. The summed E-state index contributed by atoms with van der Waals surface area (Å²) in [6.45, 7) is -0.0972. The largest absolute Gasteiger partial charge is 0.365 e. The summed E-state index contributed by atoms with van der Waals surface area (Å²) in [7, 11) is 0. The van der Waals surface area contributed by atoms with Gasteiger partial charge in [0, 0.05) is 4.47 Å². The van der Waals surface area contributed by atoms with Crippen LogP contribution in [0.4, 0.5) is 5.95 Å². The number of rotatable bonds is 4. The fourth-order valence-corrected chi connectivity index (χ4v) is 1.67. The normalized spacial score (nSPS) is 10.8. The highest BCUT2D eigenvalue weighted by atomic mass is 79.9. The summed E-state index contributed by atoms with van der Waals surface area (Å²) in [6, 6.07) is 7.50. The first kappa shape index (κ1) is 13.1. The molecule has 0 saturated heterocycles. The predicted octanol–water partition coefficient (Wildman–Crippen LogP) is 0.168. The van der Waals surface area contributed by atoms with Crippen LogP contribution >= 0.6 is 15.9 Å². The Kier molecular flexibility index (Phi) is 4.18. The van der Waals surface area contributed by atoms with Crippen molar-refractivity contribution in [2.45, 2.75) is 6.54 Å². The summed E-state index contributed by atoms with van der Waals surface area (Å²) in [4.78, 5) is 12.6. The zero-order valence-electron chi connectivity index (χ0n) is 9.69. The Labute approximate surface area is 116 Å². The van der Waals surface area contributed by atoms with Crippen molar-refractivity contribution in [1.82, 2.24) is 25.6 Å². The molecule has 0 unspecified atom stereocenters. The number of hydrogen-bond acceptors (Lipinski definition) is 6. The zero-order chi connectivity index (χ0) is 13.7. The minimum absolute atomic E-state index is 0.0189. The number of halogens is 1. The Hall–Kier alpha value is -2.29. The fourth-order valence-electron chi connectivity index (χ4n) is 1.25. The Morgan fingerprint density at radius 2 is 2.42 bits per heavy atom. The number of amides is 1. The number of nitrogens with one attached hydrogen (secondary N) is 1. The van der Waals surface area contributed by atoms with Crippen LogP contribution in [0.1, 0.15) is 5.56 Å². The van der Waals surface area contributed by atoms with Gasteiger partial charge in [0.25, 0.3) is 11.9 Å². The van der Waals surface area contributed by atoms with Gasteiger partial charge in [0.15, 0.2) is 0 Å². The van der Waals surface area contributed by atoms with Gasteiger partial charge in [0.2, 0.25) is 0 Å². The molecule has 3 N–H and O–H groups in total. The molecule has 1 amide bonds.